The highest BCUT2D eigenvalue weighted by Gasteiger charge is 2.45. The molecule has 3 aromatic carbocycles. The highest BCUT2D eigenvalue weighted by atomic mass is 35.5. The molecule has 3 aliphatic rings. The number of piperidine rings is 1. The third kappa shape index (κ3) is 12.9. The molecule has 0 saturated carbocycles. The van der Waals surface area contributed by atoms with Crippen LogP contribution in [-0.2, 0) is 20.8 Å². The van der Waals surface area contributed by atoms with E-state index in [2.05, 4.69) is 20.8 Å². The third-order valence-corrected chi connectivity index (χ3v) is 14.8. The molecule has 71 heavy (non-hydrogen) atoms. The van der Waals surface area contributed by atoms with Gasteiger partial charge in [-0.1, -0.05) is 74.2 Å². The fraction of sp³-hybridized carbons (Fsp3) is 0.431. The van der Waals surface area contributed by atoms with Crippen molar-refractivity contribution < 1.29 is 42.7 Å². The number of amides is 7. The Labute approximate surface area is 425 Å². The maximum atomic E-state index is 13.9. The smallest absolute Gasteiger partial charge is 0.276 e. The fourth-order valence-electron chi connectivity index (χ4n) is 9.26. The molecule has 20 heteroatoms. The second kappa shape index (κ2) is 24.3. The number of fused-ring (bicyclic) bond motifs is 1. The molecule has 2 saturated heterocycles. The Hall–Kier alpha value is -6.11. The van der Waals surface area contributed by atoms with E-state index in [1.54, 1.807) is 53.1 Å². The van der Waals surface area contributed by atoms with Crippen molar-refractivity contribution in [3.05, 3.63) is 104 Å². The van der Waals surface area contributed by atoms with Crippen LogP contribution >= 0.6 is 35.0 Å². The molecule has 376 valence electrons. The molecule has 16 nitrogen and oxygen atoms in total. The van der Waals surface area contributed by atoms with E-state index in [4.69, 9.17) is 33.7 Å². The van der Waals surface area contributed by atoms with Gasteiger partial charge in [0.25, 0.3) is 23.6 Å². The van der Waals surface area contributed by atoms with Gasteiger partial charge in [-0.05, 0) is 93.0 Å². The molecule has 0 aliphatic carbocycles. The summed E-state index contributed by atoms with van der Waals surface area (Å²) in [5.41, 5.74) is 7.73. The van der Waals surface area contributed by atoms with Gasteiger partial charge in [-0.15, -0.1) is 22.0 Å². The summed E-state index contributed by atoms with van der Waals surface area (Å²) in [6.07, 6.45) is 10.1. The van der Waals surface area contributed by atoms with Crippen molar-refractivity contribution in [3.63, 3.8) is 0 Å². The number of carbonyl (C=O) groups is 7. The zero-order valence-electron chi connectivity index (χ0n) is 39.6. The lowest BCUT2D eigenvalue weighted by molar-refractivity contribution is -0.139. The Morgan fingerprint density at radius 1 is 0.873 bits per heavy atom. The number of benzene rings is 3. The van der Waals surface area contributed by atoms with Gasteiger partial charge < -0.3 is 25.6 Å². The lowest BCUT2D eigenvalue weighted by Gasteiger charge is -2.44. The zero-order valence-corrected chi connectivity index (χ0v) is 42.0. The van der Waals surface area contributed by atoms with Crippen molar-refractivity contribution in [1.29, 1.82) is 0 Å². The van der Waals surface area contributed by atoms with Crippen LogP contribution in [0.25, 0.3) is 0 Å². The second-order valence-electron chi connectivity index (χ2n) is 18.0. The zero-order chi connectivity index (χ0) is 50.8. The molecular weight excluding hydrogens is 975 g/mol. The minimum absolute atomic E-state index is 0.0180. The van der Waals surface area contributed by atoms with E-state index in [0.29, 0.717) is 47.5 Å². The number of imide groups is 2. The van der Waals surface area contributed by atoms with Gasteiger partial charge in [-0.25, -0.2) is 4.39 Å². The van der Waals surface area contributed by atoms with Crippen LogP contribution < -0.4 is 21.1 Å². The van der Waals surface area contributed by atoms with Crippen molar-refractivity contribution >= 4 is 87.8 Å². The van der Waals surface area contributed by atoms with E-state index in [-0.39, 0.29) is 77.1 Å². The average molecular weight is 1030 g/mol. The number of piperazine rings is 1. The van der Waals surface area contributed by atoms with Crippen LogP contribution in [0, 0.1) is 5.82 Å². The Morgan fingerprint density at radius 2 is 1.55 bits per heavy atom. The summed E-state index contributed by atoms with van der Waals surface area (Å²) < 4.78 is 19.6. The van der Waals surface area contributed by atoms with Gasteiger partial charge >= 0.3 is 0 Å². The van der Waals surface area contributed by atoms with E-state index in [9.17, 15) is 38.0 Å². The molecule has 4 heterocycles. The highest BCUT2D eigenvalue weighted by molar-refractivity contribution is 7.99. The first kappa shape index (κ1) is 52.7. The van der Waals surface area contributed by atoms with Crippen LogP contribution in [0.15, 0.2) is 65.6 Å². The van der Waals surface area contributed by atoms with E-state index >= 15 is 0 Å². The van der Waals surface area contributed by atoms with Crippen LogP contribution in [0.4, 0.5) is 15.9 Å². The molecule has 7 rings (SSSR count). The van der Waals surface area contributed by atoms with Gasteiger partial charge in [0, 0.05) is 71.7 Å². The average Bonchev–Trinajstić information content (AvgIpc) is 3.60. The lowest BCUT2D eigenvalue weighted by atomic mass is 10.0. The van der Waals surface area contributed by atoms with Crippen LogP contribution in [0.2, 0.25) is 10.0 Å². The van der Waals surface area contributed by atoms with Gasteiger partial charge in [0.15, 0.2) is 17.3 Å². The number of carbonyl (C=O) groups excluding carboxylic acids is 7. The van der Waals surface area contributed by atoms with Crippen molar-refractivity contribution in [2.45, 2.75) is 120 Å². The Balaban J connectivity index is 0.754. The molecule has 3 aliphatic heterocycles. The summed E-state index contributed by atoms with van der Waals surface area (Å²) in [7, 11) is 0. The van der Waals surface area contributed by atoms with Crippen molar-refractivity contribution in [1.82, 2.24) is 30.2 Å². The lowest BCUT2D eigenvalue weighted by Crippen LogP contribution is -2.59. The van der Waals surface area contributed by atoms with Gasteiger partial charge in [0.05, 0.1) is 22.8 Å². The number of rotatable bonds is 21. The Morgan fingerprint density at radius 3 is 2.24 bits per heavy atom. The number of thioether (sulfide) groups is 1. The monoisotopic (exact) mass is 1030 g/mol. The Kier molecular flexibility index (Phi) is 18.1. The van der Waals surface area contributed by atoms with Crippen LogP contribution in [0.3, 0.4) is 0 Å². The summed E-state index contributed by atoms with van der Waals surface area (Å²) in [4.78, 5) is 96.0. The first-order chi connectivity index (χ1) is 34.1. The van der Waals surface area contributed by atoms with E-state index in [1.165, 1.54) is 18.2 Å². The fourth-order valence-corrected chi connectivity index (χ4v) is 10.9. The first-order valence-corrected chi connectivity index (χ1v) is 25.7. The molecule has 0 bridgehead atoms. The molecule has 4 N–H and O–H groups in total. The summed E-state index contributed by atoms with van der Waals surface area (Å²) in [5.74, 6) is -2.42. The number of aromatic nitrogens is 2. The first-order valence-electron chi connectivity index (χ1n) is 24.0. The van der Waals surface area contributed by atoms with Gasteiger partial charge in [0.2, 0.25) is 17.7 Å². The number of nitrogens with one attached hydrogen (secondary N) is 2. The minimum Gasteiger partial charge on any atom is -0.489 e. The van der Waals surface area contributed by atoms with Gasteiger partial charge in [-0.3, -0.25) is 43.8 Å². The number of ether oxygens (including phenoxy) is 1. The molecular formula is C51H57Cl2FN8O8S. The normalized spacial score (nSPS) is 17.9. The second-order valence-corrected chi connectivity index (χ2v) is 20.0. The van der Waals surface area contributed by atoms with Crippen LogP contribution in [0.5, 0.6) is 5.75 Å². The van der Waals surface area contributed by atoms with Gasteiger partial charge in [0.1, 0.15) is 11.9 Å². The number of hydrogen-bond acceptors (Lipinski definition) is 12. The van der Waals surface area contributed by atoms with Crippen LogP contribution in [-0.4, -0.2) is 110 Å². The van der Waals surface area contributed by atoms with Crippen molar-refractivity contribution in [2.24, 2.45) is 0 Å². The SMILES string of the molecule is C[C@@H]1CN(C(=O)c2ccc(NC(=O)c3cc(OCCc4c(Cl)ccc(F)c4Cl)c(N)nn3)cc2)C[C@H](C)N1C(=O)CCCCCCCCCCCSc1cccc2c1C(=O)N([C@@H]1CCC(=O)NC1=O)C2=O. The maximum Gasteiger partial charge on any atom is 0.276 e. The van der Waals surface area contributed by atoms with Gasteiger partial charge in [-0.2, -0.15) is 0 Å². The van der Waals surface area contributed by atoms with E-state index < -0.39 is 41.4 Å². The predicted molar refractivity (Wildman–Crippen MR) is 268 cm³/mol. The third-order valence-electron chi connectivity index (χ3n) is 12.9. The number of hydrogen-bond donors (Lipinski definition) is 3. The van der Waals surface area contributed by atoms with Crippen LogP contribution in [0.1, 0.15) is 138 Å². The number of unbranched alkanes of at least 4 members (excludes halogenated alkanes) is 8. The van der Waals surface area contributed by atoms with E-state index in [0.717, 1.165) is 73.3 Å². The molecule has 2 fully saturated rings. The number of anilines is 2. The summed E-state index contributed by atoms with van der Waals surface area (Å²) in [6.45, 7) is 4.74. The molecule has 3 atom stereocenters. The summed E-state index contributed by atoms with van der Waals surface area (Å²) >= 11 is 13.8. The Bertz CT molecular complexity index is 2670. The molecule has 4 aromatic rings. The van der Waals surface area contributed by atoms with Crippen molar-refractivity contribution in [2.75, 3.05) is 36.5 Å². The molecule has 0 unspecified atom stereocenters. The highest BCUT2D eigenvalue weighted by Crippen LogP contribution is 2.35. The quantitative estimate of drug-likeness (QED) is 0.0310. The van der Waals surface area contributed by atoms with Crippen molar-refractivity contribution in [3.8, 4) is 5.75 Å². The molecule has 7 amide bonds. The summed E-state index contributed by atoms with van der Waals surface area (Å²) in [6, 6.07) is 14.3. The molecule has 0 radical (unpaired) electrons. The maximum absolute atomic E-state index is 13.9. The summed E-state index contributed by atoms with van der Waals surface area (Å²) in [5, 5.41) is 12.9. The largest absolute Gasteiger partial charge is 0.489 e. The minimum atomic E-state index is -0.982. The predicted octanol–water partition coefficient (Wildman–Crippen LogP) is 8.53. The topological polar surface area (TPSA) is 214 Å². The molecule has 1 aromatic heterocycles. The standard InChI is InChI=1S/C51H57Cl2FN8O8S/c1-30-28-60(49(67)32-16-18-33(19-17-32)56-47(65)38-27-40(46(55)59-58-38)70-25-24-34-36(52)20-21-37(54)45(34)53)29-31(2)61(30)43(64)15-10-8-6-4-3-5-7-9-11-26-71-41-14-12-13-35-44(41)51(69)62(50(35)68)39-22-23-42(63)57-48(39)66/h12-14,16-21,27,30-31,39H,3-11,15,22-26,28-29H2,1-2H3,(H2,55,59)(H,56,65)(H,57,63,66)/t30-,31+,39-/m1/s1. The number of halogens is 3. The number of nitrogen functional groups attached to an aromatic ring is 1. The number of nitrogens with zero attached hydrogens (tertiary/aromatic N) is 5. The van der Waals surface area contributed by atoms with E-state index in [1.807, 2.05) is 24.8 Å². The number of nitrogens with two attached hydrogens (primary N) is 1. The molecule has 0 spiro atoms.